The Morgan fingerprint density at radius 2 is 2.12 bits per heavy atom. The maximum atomic E-state index is 12.5. The van der Waals surface area contributed by atoms with E-state index < -0.39 is 0 Å². The van der Waals surface area contributed by atoms with Crippen molar-refractivity contribution in [2.24, 2.45) is 5.92 Å². The minimum Gasteiger partial charge on any atom is -0.494 e. The summed E-state index contributed by atoms with van der Waals surface area (Å²) >= 11 is 0. The molecule has 1 fully saturated rings. The molecule has 1 N–H and O–H groups in total. The fourth-order valence-electron chi connectivity index (χ4n) is 3.78. The fourth-order valence-corrected chi connectivity index (χ4v) is 3.78. The van der Waals surface area contributed by atoms with E-state index in [4.69, 9.17) is 9.72 Å². The zero-order chi connectivity index (χ0) is 17.4. The van der Waals surface area contributed by atoms with Crippen molar-refractivity contribution in [2.45, 2.75) is 39.0 Å². The van der Waals surface area contributed by atoms with Crippen molar-refractivity contribution in [2.75, 3.05) is 7.11 Å². The second-order valence-electron chi connectivity index (χ2n) is 6.79. The highest BCUT2D eigenvalue weighted by molar-refractivity contribution is 5.76. The molecule has 6 nitrogen and oxygen atoms in total. The Labute approximate surface area is 145 Å². The highest BCUT2D eigenvalue weighted by Crippen LogP contribution is 2.29. The molecule has 1 saturated carbocycles. The van der Waals surface area contributed by atoms with Gasteiger partial charge in [-0.3, -0.25) is 4.79 Å². The van der Waals surface area contributed by atoms with Crippen LogP contribution in [0.4, 0.5) is 0 Å². The Morgan fingerprint density at radius 3 is 2.88 bits per heavy atom. The summed E-state index contributed by atoms with van der Waals surface area (Å²) < 4.78 is 7.21. The molecule has 1 aliphatic carbocycles. The van der Waals surface area contributed by atoms with Crippen LogP contribution >= 0.6 is 0 Å². The van der Waals surface area contributed by atoms with Crippen LogP contribution in [-0.4, -0.2) is 26.9 Å². The molecule has 25 heavy (non-hydrogen) atoms. The van der Waals surface area contributed by atoms with Gasteiger partial charge in [-0.2, -0.15) is 5.10 Å². The number of para-hydroxylation sites is 1. The van der Waals surface area contributed by atoms with Crippen LogP contribution < -0.4 is 10.3 Å². The van der Waals surface area contributed by atoms with Crippen LogP contribution in [0.5, 0.6) is 5.75 Å². The summed E-state index contributed by atoms with van der Waals surface area (Å²) in [6.45, 7) is 2.00. The van der Waals surface area contributed by atoms with Gasteiger partial charge in [-0.15, -0.1) is 0 Å². The number of hydrogen-bond acceptors (Lipinski definition) is 4. The third-order valence-electron chi connectivity index (χ3n) is 5.08. The topological polar surface area (TPSA) is 72.8 Å². The van der Waals surface area contributed by atoms with E-state index >= 15 is 0 Å². The van der Waals surface area contributed by atoms with E-state index in [1.165, 1.54) is 25.7 Å². The average molecular weight is 338 g/mol. The number of methoxy groups -OCH3 is 1. The second kappa shape index (κ2) is 6.35. The number of fused-ring (bicyclic) bond motifs is 1. The Morgan fingerprint density at radius 1 is 1.32 bits per heavy atom. The van der Waals surface area contributed by atoms with Crippen LogP contribution in [-0.2, 0) is 6.42 Å². The fraction of sp³-hybridized carbons (Fsp3) is 0.421. The quantitative estimate of drug-likeness (QED) is 0.793. The molecule has 4 rings (SSSR count). The number of aryl methyl sites for hydroxylation is 1. The number of aromatic amines is 1. The molecular formula is C19H22N4O2. The number of benzene rings is 1. The van der Waals surface area contributed by atoms with Crippen molar-refractivity contribution in [3.05, 3.63) is 46.1 Å². The zero-order valence-electron chi connectivity index (χ0n) is 14.6. The minimum absolute atomic E-state index is 0.128. The lowest BCUT2D eigenvalue weighted by Gasteiger charge is -2.12. The Balaban J connectivity index is 1.85. The lowest BCUT2D eigenvalue weighted by molar-refractivity contribution is 0.411. The molecule has 1 aromatic carbocycles. The van der Waals surface area contributed by atoms with Gasteiger partial charge in [0.2, 0.25) is 0 Å². The van der Waals surface area contributed by atoms with Gasteiger partial charge in [0.05, 0.1) is 13.3 Å². The largest absolute Gasteiger partial charge is 0.494 e. The summed E-state index contributed by atoms with van der Waals surface area (Å²) in [5.74, 6) is 2.08. The molecule has 0 radical (unpaired) electrons. The summed E-state index contributed by atoms with van der Waals surface area (Å²) in [7, 11) is 1.63. The Bertz CT molecular complexity index is 967. The van der Waals surface area contributed by atoms with Crippen LogP contribution in [0, 0.1) is 12.8 Å². The van der Waals surface area contributed by atoms with Crippen molar-refractivity contribution >= 4 is 11.0 Å². The SMILES string of the molecule is COc1cccc(C)c1-n1ncc2c(=O)[nH]c(CC3CCCC3)nc21. The van der Waals surface area contributed by atoms with Gasteiger partial charge in [0.1, 0.15) is 22.6 Å². The second-order valence-corrected chi connectivity index (χ2v) is 6.79. The van der Waals surface area contributed by atoms with Gasteiger partial charge < -0.3 is 9.72 Å². The van der Waals surface area contributed by atoms with Gasteiger partial charge in [-0.1, -0.05) is 37.8 Å². The zero-order valence-corrected chi connectivity index (χ0v) is 14.6. The van der Waals surface area contributed by atoms with Crippen molar-refractivity contribution in [3.63, 3.8) is 0 Å². The summed E-state index contributed by atoms with van der Waals surface area (Å²) in [4.78, 5) is 20.2. The van der Waals surface area contributed by atoms with Crippen molar-refractivity contribution < 1.29 is 4.74 Å². The standard InChI is InChI=1S/C19H22N4O2/c1-12-6-5-9-15(25-2)17(12)23-18-14(11-20-23)19(24)22-16(21-18)10-13-7-3-4-8-13/h5-6,9,11,13H,3-4,7-8,10H2,1-2H3,(H,21,22,24). The van der Waals surface area contributed by atoms with Gasteiger partial charge in [0, 0.05) is 6.42 Å². The van der Waals surface area contributed by atoms with Crippen LogP contribution in [0.25, 0.3) is 16.7 Å². The molecular weight excluding hydrogens is 316 g/mol. The van der Waals surface area contributed by atoms with E-state index in [-0.39, 0.29) is 5.56 Å². The molecule has 0 unspecified atom stereocenters. The normalized spacial score (nSPS) is 15.1. The molecule has 2 heterocycles. The number of aromatic nitrogens is 4. The summed E-state index contributed by atoms with van der Waals surface area (Å²) in [5, 5.41) is 4.92. The first-order valence-electron chi connectivity index (χ1n) is 8.78. The number of H-pyrrole nitrogens is 1. The van der Waals surface area contributed by atoms with E-state index in [9.17, 15) is 4.79 Å². The smallest absolute Gasteiger partial charge is 0.262 e. The first-order valence-corrected chi connectivity index (χ1v) is 8.78. The maximum absolute atomic E-state index is 12.5. The van der Waals surface area contributed by atoms with Gasteiger partial charge in [-0.05, 0) is 24.5 Å². The summed E-state index contributed by atoms with van der Waals surface area (Å²) in [6, 6.07) is 5.83. The van der Waals surface area contributed by atoms with Crippen molar-refractivity contribution in [1.29, 1.82) is 0 Å². The van der Waals surface area contributed by atoms with E-state index in [1.807, 2.05) is 25.1 Å². The van der Waals surface area contributed by atoms with Gasteiger partial charge >= 0.3 is 0 Å². The number of hydrogen-bond donors (Lipinski definition) is 1. The van der Waals surface area contributed by atoms with Gasteiger partial charge in [-0.25, -0.2) is 9.67 Å². The molecule has 1 aliphatic rings. The van der Waals surface area contributed by atoms with Crippen LogP contribution in [0.15, 0.2) is 29.2 Å². The van der Waals surface area contributed by atoms with Gasteiger partial charge in [0.25, 0.3) is 5.56 Å². The number of rotatable bonds is 4. The van der Waals surface area contributed by atoms with E-state index in [0.717, 1.165) is 23.5 Å². The van der Waals surface area contributed by atoms with E-state index in [2.05, 4.69) is 10.1 Å². The molecule has 6 heteroatoms. The highest BCUT2D eigenvalue weighted by atomic mass is 16.5. The number of nitrogens with zero attached hydrogens (tertiary/aromatic N) is 3. The Kier molecular flexibility index (Phi) is 4.03. The third kappa shape index (κ3) is 2.81. The predicted octanol–water partition coefficient (Wildman–Crippen LogP) is 3.16. The predicted molar refractivity (Wildman–Crippen MR) is 96.4 cm³/mol. The number of nitrogens with one attached hydrogen (secondary N) is 1. The Hall–Kier alpha value is -2.63. The summed E-state index contributed by atoms with van der Waals surface area (Å²) in [5.41, 5.74) is 2.30. The minimum atomic E-state index is -0.128. The molecule has 130 valence electrons. The molecule has 0 amide bonds. The monoisotopic (exact) mass is 338 g/mol. The van der Waals surface area contributed by atoms with E-state index in [1.54, 1.807) is 18.0 Å². The van der Waals surface area contributed by atoms with Crippen LogP contribution in [0.2, 0.25) is 0 Å². The van der Waals surface area contributed by atoms with Crippen molar-refractivity contribution in [3.8, 4) is 11.4 Å². The van der Waals surface area contributed by atoms with Crippen LogP contribution in [0.1, 0.15) is 37.1 Å². The average Bonchev–Trinajstić information content (AvgIpc) is 3.25. The third-order valence-corrected chi connectivity index (χ3v) is 5.08. The number of ether oxygens (including phenoxy) is 1. The lowest BCUT2D eigenvalue weighted by atomic mass is 10.0. The first kappa shape index (κ1) is 15.9. The molecule has 0 bridgehead atoms. The van der Waals surface area contributed by atoms with Crippen molar-refractivity contribution in [1.82, 2.24) is 19.7 Å². The lowest BCUT2D eigenvalue weighted by Crippen LogP contribution is -2.15. The summed E-state index contributed by atoms with van der Waals surface area (Å²) in [6.07, 6.45) is 7.37. The molecule has 0 atom stereocenters. The maximum Gasteiger partial charge on any atom is 0.262 e. The van der Waals surface area contributed by atoms with Gasteiger partial charge in [0.15, 0.2) is 5.65 Å². The molecule has 0 spiro atoms. The molecule has 0 saturated heterocycles. The first-order chi connectivity index (χ1) is 12.2. The van der Waals surface area contributed by atoms with E-state index in [0.29, 0.717) is 22.7 Å². The highest BCUT2D eigenvalue weighted by Gasteiger charge is 2.19. The molecule has 3 aromatic rings. The molecule has 0 aliphatic heterocycles. The molecule has 2 aromatic heterocycles. The van der Waals surface area contributed by atoms with Crippen LogP contribution in [0.3, 0.4) is 0 Å².